The lowest BCUT2D eigenvalue weighted by atomic mass is 9.87. The van der Waals surface area contributed by atoms with Crippen LogP contribution >= 0.6 is 0 Å². The number of nitrogens with one attached hydrogen (secondary N) is 1. The molecule has 1 aliphatic rings. The number of sulfonamides is 1. The second-order valence-electron chi connectivity index (χ2n) is 7.54. The number of rotatable bonds is 5. The van der Waals surface area contributed by atoms with Gasteiger partial charge in [0.2, 0.25) is 10.0 Å². The second-order valence-corrected chi connectivity index (χ2v) is 9.48. The van der Waals surface area contributed by atoms with Crippen molar-refractivity contribution in [2.45, 2.75) is 37.5 Å². The van der Waals surface area contributed by atoms with E-state index in [0.717, 1.165) is 5.56 Å². The lowest BCUT2D eigenvalue weighted by Crippen LogP contribution is -2.53. The van der Waals surface area contributed by atoms with Crippen molar-refractivity contribution in [1.82, 2.24) is 14.5 Å². The number of carboxylic acids is 1. The monoisotopic (exact) mass is 397 g/mol. The van der Waals surface area contributed by atoms with E-state index in [-0.39, 0.29) is 55.5 Å². The number of carboxylic acid groups (broad SMARTS) is 1. The Kier molecular flexibility index (Phi) is 6.48. The third-order valence-electron chi connectivity index (χ3n) is 4.50. The fourth-order valence-corrected chi connectivity index (χ4v) is 4.22. The summed E-state index contributed by atoms with van der Waals surface area (Å²) in [5.41, 5.74) is 1.01. The molecular weight excluding hydrogens is 370 g/mol. The van der Waals surface area contributed by atoms with Crippen LogP contribution in [-0.4, -0.2) is 67.5 Å². The molecule has 150 valence electrons. The molecule has 1 aromatic carbocycles. The maximum Gasteiger partial charge on any atom is 0.317 e. The fraction of sp³-hybridized carbons (Fsp3) is 0.556. The van der Waals surface area contributed by atoms with Gasteiger partial charge in [-0.3, -0.25) is 4.79 Å². The van der Waals surface area contributed by atoms with Gasteiger partial charge in [-0.2, -0.15) is 4.31 Å². The van der Waals surface area contributed by atoms with Crippen LogP contribution in [0, 0.1) is 0 Å². The first-order valence-corrected chi connectivity index (χ1v) is 10.3. The maximum atomic E-state index is 12.8. The molecule has 0 unspecified atom stereocenters. The van der Waals surface area contributed by atoms with Gasteiger partial charge in [0.15, 0.2) is 0 Å². The van der Waals surface area contributed by atoms with Crippen LogP contribution in [0.3, 0.4) is 0 Å². The highest BCUT2D eigenvalue weighted by Crippen LogP contribution is 2.25. The van der Waals surface area contributed by atoms with Crippen molar-refractivity contribution in [2.24, 2.45) is 0 Å². The first-order valence-electron chi connectivity index (χ1n) is 8.87. The van der Waals surface area contributed by atoms with Gasteiger partial charge in [0, 0.05) is 32.7 Å². The number of carbonyl (C=O) groups excluding carboxylic acids is 1. The summed E-state index contributed by atoms with van der Waals surface area (Å²) in [4.78, 5) is 24.2. The summed E-state index contributed by atoms with van der Waals surface area (Å²) >= 11 is 0. The van der Waals surface area contributed by atoms with Crippen LogP contribution in [0.4, 0.5) is 4.79 Å². The summed E-state index contributed by atoms with van der Waals surface area (Å²) in [6.45, 7) is 7.18. The minimum Gasteiger partial charge on any atom is -0.481 e. The van der Waals surface area contributed by atoms with Gasteiger partial charge in [0.25, 0.3) is 0 Å². The molecule has 0 aliphatic carbocycles. The van der Waals surface area contributed by atoms with E-state index < -0.39 is 16.0 Å². The van der Waals surface area contributed by atoms with Crippen molar-refractivity contribution < 1.29 is 23.1 Å². The SMILES string of the molecule is CC(C)(C)c1ccc(S(=O)(=O)N2CCN(C(=O)NCCC(=O)O)CC2)cc1. The standard InChI is InChI=1S/C18H27N3O5S/c1-18(2,3)14-4-6-15(7-5-14)27(25,26)21-12-10-20(11-13-21)17(24)19-9-8-16(22)23/h4-7H,8-13H2,1-3H3,(H,19,24)(H,22,23). The van der Waals surface area contributed by atoms with Crippen LogP contribution in [-0.2, 0) is 20.2 Å². The van der Waals surface area contributed by atoms with E-state index in [1.165, 1.54) is 9.21 Å². The van der Waals surface area contributed by atoms with Crippen LogP contribution in [0.5, 0.6) is 0 Å². The average molecular weight is 397 g/mol. The number of urea groups is 1. The Morgan fingerprint density at radius 1 is 1.07 bits per heavy atom. The first-order chi connectivity index (χ1) is 12.5. The molecule has 1 heterocycles. The summed E-state index contributed by atoms with van der Waals surface area (Å²) in [5.74, 6) is -0.983. The zero-order chi connectivity index (χ0) is 20.2. The third kappa shape index (κ3) is 5.43. The van der Waals surface area contributed by atoms with Gasteiger partial charge in [0.1, 0.15) is 0 Å². The van der Waals surface area contributed by atoms with Gasteiger partial charge >= 0.3 is 12.0 Å². The van der Waals surface area contributed by atoms with Gasteiger partial charge < -0.3 is 15.3 Å². The number of piperazine rings is 1. The molecule has 0 spiro atoms. The summed E-state index contributed by atoms with van der Waals surface area (Å²) in [6, 6.07) is 6.54. The summed E-state index contributed by atoms with van der Waals surface area (Å²) in [5, 5.41) is 11.1. The number of nitrogens with zero attached hydrogens (tertiary/aromatic N) is 2. The van der Waals surface area contributed by atoms with E-state index in [0.29, 0.717) is 0 Å². The minimum absolute atomic E-state index is 0.0484. The summed E-state index contributed by atoms with van der Waals surface area (Å²) < 4.78 is 27.0. The van der Waals surface area contributed by atoms with Crippen molar-refractivity contribution >= 4 is 22.0 Å². The number of carbonyl (C=O) groups is 2. The maximum absolute atomic E-state index is 12.8. The normalized spacial score (nSPS) is 16.2. The lowest BCUT2D eigenvalue weighted by molar-refractivity contribution is -0.136. The predicted octanol–water partition coefficient (Wildman–Crippen LogP) is 1.47. The van der Waals surface area contributed by atoms with Gasteiger partial charge in [-0.25, -0.2) is 13.2 Å². The molecule has 1 aliphatic heterocycles. The van der Waals surface area contributed by atoms with E-state index in [1.54, 1.807) is 12.1 Å². The van der Waals surface area contributed by atoms with E-state index in [1.807, 2.05) is 12.1 Å². The van der Waals surface area contributed by atoms with Crippen molar-refractivity contribution in [3.8, 4) is 0 Å². The molecule has 2 N–H and O–H groups in total. The summed E-state index contributed by atoms with van der Waals surface area (Å²) in [7, 11) is -3.60. The van der Waals surface area contributed by atoms with Crippen molar-refractivity contribution in [1.29, 1.82) is 0 Å². The molecule has 0 atom stereocenters. The molecule has 1 aromatic rings. The Bertz CT molecular complexity index is 776. The highest BCUT2D eigenvalue weighted by atomic mass is 32.2. The Balaban J connectivity index is 1.96. The van der Waals surface area contributed by atoms with Crippen LogP contribution in [0.25, 0.3) is 0 Å². The number of aliphatic carboxylic acids is 1. The van der Waals surface area contributed by atoms with Crippen molar-refractivity contribution in [3.05, 3.63) is 29.8 Å². The smallest absolute Gasteiger partial charge is 0.317 e. The number of hydrogen-bond acceptors (Lipinski definition) is 4. The van der Waals surface area contributed by atoms with E-state index in [2.05, 4.69) is 26.1 Å². The highest BCUT2D eigenvalue weighted by molar-refractivity contribution is 7.89. The van der Waals surface area contributed by atoms with Gasteiger partial charge in [-0.05, 0) is 23.1 Å². The Hall–Kier alpha value is -2.13. The van der Waals surface area contributed by atoms with E-state index in [4.69, 9.17) is 5.11 Å². The Morgan fingerprint density at radius 2 is 1.63 bits per heavy atom. The first kappa shape index (κ1) is 21.2. The topological polar surface area (TPSA) is 107 Å². The molecule has 9 heteroatoms. The quantitative estimate of drug-likeness (QED) is 0.782. The third-order valence-corrected chi connectivity index (χ3v) is 6.41. The highest BCUT2D eigenvalue weighted by Gasteiger charge is 2.30. The molecular formula is C18H27N3O5S. The van der Waals surface area contributed by atoms with Crippen molar-refractivity contribution in [2.75, 3.05) is 32.7 Å². The zero-order valence-corrected chi connectivity index (χ0v) is 16.8. The summed E-state index contributed by atoms with van der Waals surface area (Å²) in [6.07, 6.45) is -0.148. The zero-order valence-electron chi connectivity index (χ0n) is 15.9. The molecule has 1 fully saturated rings. The molecule has 2 rings (SSSR count). The van der Waals surface area contributed by atoms with Gasteiger partial charge in [-0.1, -0.05) is 32.9 Å². The molecule has 8 nitrogen and oxygen atoms in total. The van der Waals surface area contributed by atoms with E-state index >= 15 is 0 Å². The Morgan fingerprint density at radius 3 is 2.11 bits per heavy atom. The van der Waals surface area contributed by atoms with E-state index in [9.17, 15) is 18.0 Å². The lowest BCUT2D eigenvalue weighted by Gasteiger charge is -2.34. The van der Waals surface area contributed by atoms with Crippen molar-refractivity contribution in [3.63, 3.8) is 0 Å². The predicted molar refractivity (Wildman–Crippen MR) is 101 cm³/mol. The van der Waals surface area contributed by atoms with Crippen LogP contribution in [0.1, 0.15) is 32.8 Å². The number of hydrogen-bond donors (Lipinski definition) is 2. The fourth-order valence-electron chi connectivity index (χ4n) is 2.80. The molecule has 1 saturated heterocycles. The van der Waals surface area contributed by atoms with Crippen LogP contribution in [0.15, 0.2) is 29.2 Å². The van der Waals surface area contributed by atoms with Crippen LogP contribution < -0.4 is 5.32 Å². The molecule has 27 heavy (non-hydrogen) atoms. The van der Waals surface area contributed by atoms with Gasteiger partial charge in [-0.15, -0.1) is 0 Å². The molecule has 0 bridgehead atoms. The minimum atomic E-state index is -3.60. The number of benzene rings is 1. The number of amides is 2. The van der Waals surface area contributed by atoms with Gasteiger partial charge in [0.05, 0.1) is 11.3 Å². The second kappa shape index (κ2) is 8.26. The Labute approximate surface area is 160 Å². The molecule has 2 amide bonds. The van der Waals surface area contributed by atoms with Crippen LogP contribution in [0.2, 0.25) is 0 Å². The average Bonchev–Trinajstić information content (AvgIpc) is 2.61. The molecule has 0 radical (unpaired) electrons. The largest absolute Gasteiger partial charge is 0.481 e. The molecule has 0 aromatic heterocycles. The molecule has 0 saturated carbocycles.